The zero-order valence-electron chi connectivity index (χ0n) is 42.8. The molecule has 1 aromatic carbocycles. The maximum atomic E-state index is 14.3. The van der Waals surface area contributed by atoms with E-state index in [0.29, 0.717) is 16.9 Å². The zero-order chi connectivity index (χ0) is 54.4. The van der Waals surface area contributed by atoms with Gasteiger partial charge in [0.05, 0.1) is 7.11 Å². The Balaban J connectivity index is 1.42. The molecule has 22 nitrogen and oxygen atoms in total. The number of aromatic nitrogens is 2. The minimum atomic E-state index is -1.76. The summed E-state index contributed by atoms with van der Waals surface area (Å²) in [5.41, 5.74) is -6.27. The molecule has 0 unspecified atom stereocenters. The van der Waals surface area contributed by atoms with Crippen LogP contribution in [0.2, 0.25) is 0 Å². The van der Waals surface area contributed by atoms with E-state index in [2.05, 4.69) is 36.2 Å². The third-order valence-electron chi connectivity index (χ3n) is 9.48. The van der Waals surface area contributed by atoms with E-state index in [1.807, 2.05) is 0 Å². The van der Waals surface area contributed by atoms with Crippen LogP contribution in [0.5, 0.6) is 5.75 Å². The first-order valence-electron chi connectivity index (χ1n) is 22.4. The highest BCUT2D eigenvalue weighted by molar-refractivity contribution is 8.00. The number of carbonyl (C=O) groups is 7. The fourth-order valence-electron chi connectivity index (χ4n) is 5.96. The van der Waals surface area contributed by atoms with Gasteiger partial charge in [-0.05, 0) is 113 Å². The molecule has 0 aliphatic carbocycles. The summed E-state index contributed by atoms with van der Waals surface area (Å²) in [6.07, 6.45) is -0.811. The van der Waals surface area contributed by atoms with Crippen molar-refractivity contribution in [3.63, 3.8) is 0 Å². The van der Waals surface area contributed by atoms with Crippen LogP contribution in [-0.2, 0) is 64.0 Å². The van der Waals surface area contributed by atoms with Gasteiger partial charge in [0.2, 0.25) is 11.2 Å². The van der Waals surface area contributed by atoms with Crippen molar-refractivity contribution in [2.24, 2.45) is 10.3 Å². The average molecular weight is 1090 g/mol. The van der Waals surface area contributed by atoms with E-state index in [1.165, 1.54) is 62.2 Å². The number of alkyl halides is 1. The molecule has 0 saturated carbocycles. The lowest BCUT2D eigenvalue weighted by atomic mass is 10.0. The standard InChI is InChI=1S/C47H59ClN8O14S3/c1-43(2,3)66-38(61)46(10,11)69-54-29(33(57)51-31-35(59)56-32(25(19-48)21-71-36(31)56)37(60)65-20-24-15-17-26(64-14)18-16-24)27-22-72-40(49-27)52-34(58)30(55-70-47(12,13)39(62)67-44(4,5)6)28-23-73-41(50-28)53-42(63)68-45(7,8)9/h15-18,22-23,31,36H,19-21H2,1-14H3,(H,51,57)(H,49,52,58)(H,50,53,63)/b54-29-,55-30-/t31-,36-/m1/s1. The summed E-state index contributed by atoms with van der Waals surface area (Å²) < 4.78 is 27.1. The number of thioether (sulfide) groups is 1. The van der Waals surface area contributed by atoms with Gasteiger partial charge in [0.1, 0.15) is 57.7 Å². The predicted molar refractivity (Wildman–Crippen MR) is 273 cm³/mol. The average Bonchev–Trinajstić information content (AvgIpc) is 3.94. The molecule has 2 atom stereocenters. The molecule has 3 N–H and O–H groups in total. The molecule has 26 heteroatoms. The van der Waals surface area contributed by atoms with Gasteiger partial charge >= 0.3 is 24.0 Å². The van der Waals surface area contributed by atoms with Crippen molar-refractivity contribution in [2.45, 2.75) is 136 Å². The van der Waals surface area contributed by atoms with Crippen LogP contribution in [0.15, 0.2) is 56.6 Å². The Kier molecular flexibility index (Phi) is 18.0. The van der Waals surface area contributed by atoms with Gasteiger partial charge in [-0.15, -0.1) is 46.0 Å². The lowest BCUT2D eigenvalue weighted by Gasteiger charge is -2.49. The number of anilines is 2. The molecule has 4 heterocycles. The van der Waals surface area contributed by atoms with E-state index in [0.717, 1.165) is 22.7 Å². The third-order valence-corrected chi connectivity index (χ3v) is 12.7. The van der Waals surface area contributed by atoms with E-state index in [-0.39, 0.29) is 45.6 Å². The number of halogens is 1. The van der Waals surface area contributed by atoms with Crippen LogP contribution in [0, 0.1) is 0 Å². The second-order valence-corrected chi connectivity index (χ2v) is 23.2. The lowest BCUT2D eigenvalue weighted by Crippen LogP contribution is -2.71. The Labute approximate surface area is 439 Å². The number of ether oxygens (including phenoxy) is 5. The van der Waals surface area contributed by atoms with Gasteiger partial charge in [-0.1, -0.05) is 22.4 Å². The van der Waals surface area contributed by atoms with Gasteiger partial charge in [-0.25, -0.2) is 29.1 Å². The summed E-state index contributed by atoms with van der Waals surface area (Å²) in [6.45, 7) is 20.4. The van der Waals surface area contributed by atoms with Crippen molar-refractivity contribution in [2.75, 3.05) is 29.4 Å². The minimum absolute atomic E-state index is 0.0324. The molecule has 73 heavy (non-hydrogen) atoms. The highest BCUT2D eigenvalue weighted by atomic mass is 35.5. The summed E-state index contributed by atoms with van der Waals surface area (Å²) in [6, 6.07) is 5.68. The molecule has 0 spiro atoms. The molecule has 2 aliphatic rings. The molecule has 1 fully saturated rings. The van der Waals surface area contributed by atoms with Crippen LogP contribution in [-0.4, -0.2) is 126 Å². The number of carbonyl (C=O) groups excluding carboxylic acids is 7. The van der Waals surface area contributed by atoms with Crippen LogP contribution >= 0.6 is 46.0 Å². The fourth-order valence-corrected chi connectivity index (χ4v) is 9.01. The van der Waals surface area contributed by atoms with Gasteiger partial charge in [-0.3, -0.25) is 29.9 Å². The van der Waals surface area contributed by atoms with Crippen LogP contribution < -0.4 is 20.7 Å². The highest BCUT2D eigenvalue weighted by Crippen LogP contribution is 2.41. The number of thiazole rings is 2. The smallest absolute Gasteiger partial charge is 0.413 e. The number of nitrogens with one attached hydrogen (secondary N) is 3. The Morgan fingerprint density at radius 2 is 1.22 bits per heavy atom. The fraction of sp³-hybridized carbons (Fsp3) is 0.511. The molecule has 1 saturated heterocycles. The molecular formula is C47H59ClN8O14S3. The molecule has 0 bridgehead atoms. The number of oxime groups is 2. The van der Waals surface area contributed by atoms with Crippen LogP contribution in [0.3, 0.4) is 0 Å². The van der Waals surface area contributed by atoms with Crippen LogP contribution in [0.1, 0.15) is 107 Å². The number of hydrogen-bond donors (Lipinski definition) is 3. The van der Waals surface area contributed by atoms with E-state index < -0.39 is 92.6 Å². The molecule has 0 radical (unpaired) electrons. The monoisotopic (exact) mass is 1090 g/mol. The summed E-state index contributed by atoms with van der Waals surface area (Å²) in [5.74, 6) is -4.21. The number of esters is 3. The Morgan fingerprint density at radius 3 is 1.70 bits per heavy atom. The first kappa shape index (κ1) is 57.6. The SMILES string of the molecule is COc1ccc(COC(=O)C2=C(CCl)CS[C@@H]3[C@H](NC(=O)/C(=N\OC(C)(C)C(=O)OC(C)(C)C)c4csc(NC(=O)/C(=N\OC(C)(C)C(=O)OC(C)(C)C)c5csc(NC(=O)OC(C)(C)C)n5)n4)C(=O)N23)cc1. The summed E-state index contributed by atoms with van der Waals surface area (Å²) in [7, 11) is 1.53. The molecule has 396 valence electrons. The maximum Gasteiger partial charge on any atom is 0.413 e. The molecule has 2 aromatic heterocycles. The number of methoxy groups -OCH3 is 1. The van der Waals surface area contributed by atoms with Crippen molar-refractivity contribution in [3.8, 4) is 5.75 Å². The van der Waals surface area contributed by atoms with E-state index in [9.17, 15) is 33.6 Å². The van der Waals surface area contributed by atoms with Crippen molar-refractivity contribution >= 4 is 109 Å². The first-order valence-corrected chi connectivity index (χ1v) is 25.7. The van der Waals surface area contributed by atoms with Crippen molar-refractivity contribution in [3.05, 3.63) is 63.2 Å². The normalized spacial score (nSPS) is 16.6. The summed E-state index contributed by atoms with van der Waals surface area (Å²) >= 11 is 9.28. The summed E-state index contributed by atoms with van der Waals surface area (Å²) in [5, 5.41) is 17.7. The van der Waals surface area contributed by atoms with Gasteiger partial charge < -0.3 is 38.7 Å². The lowest BCUT2D eigenvalue weighted by molar-refractivity contribution is -0.180. The number of hydrogen-bond acceptors (Lipinski definition) is 21. The number of amides is 4. The first-order chi connectivity index (χ1) is 33.8. The van der Waals surface area contributed by atoms with Gasteiger partial charge in [-0.2, -0.15) is 0 Å². The topological polar surface area (TPSA) is 274 Å². The van der Waals surface area contributed by atoms with Gasteiger partial charge in [0.15, 0.2) is 21.7 Å². The number of benzene rings is 1. The van der Waals surface area contributed by atoms with Crippen molar-refractivity contribution in [1.82, 2.24) is 20.2 Å². The molecule has 2 aliphatic heterocycles. The van der Waals surface area contributed by atoms with Crippen LogP contribution in [0.4, 0.5) is 15.1 Å². The number of rotatable bonds is 18. The molecular weight excluding hydrogens is 1030 g/mol. The quantitative estimate of drug-likeness (QED) is 0.0291. The van der Waals surface area contributed by atoms with Gasteiger partial charge in [0, 0.05) is 22.4 Å². The van der Waals surface area contributed by atoms with E-state index >= 15 is 0 Å². The zero-order valence-corrected chi connectivity index (χ0v) is 46.0. The molecule has 5 rings (SSSR count). The van der Waals surface area contributed by atoms with E-state index in [4.69, 9.17) is 45.0 Å². The van der Waals surface area contributed by atoms with Gasteiger partial charge in [0.25, 0.3) is 17.7 Å². The predicted octanol–water partition coefficient (Wildman–Crippen LogP) is 6.91. The third kappa shape index (κ3) is 15.6. The Hall–Kier alpha value is -6.31. The second-order valence-electron chi connectivity index (χ2n) is 20.1. The Bertz CT molecular complexity index is 2700. The van der Waals surface area contributed by atoms with Crippen molar-refractivity contribution < 1.29 is 66.9 Å². The van der Waals surface area contributed by atoms with Crippen molar-refractivity contribution in [1.29, 1.82) is 0 Å². The highest BCUT2D eigenvalue weighted by Gasteiger charge is 2.55. The number of nitrogens with zero attached hydrogens (tertiary/aromatic N) is 5. The molecule has 3 aromatic rings. The maximum absolute atomic E-state index is 14.3. The molecule has 4 amide bonds. The van der Waals surface area contributed by atoms with E-state index in [1.54, 1.807) is 86.6 Å². The van der Waals surface area contributed by atoms with Crippen LogP contribution in [0.25, 0.3) is 0 Å². The number of fused-ring (bicyclic) bond motifs is 1. The summed E-state index contributed by atoms with van der Waals surface area (Å²) in [4.78, 5) is 116. The minimum Gasteiger partial charge on any atom is -0.497 e. The second kappa shape index (κ2) is 22.8. The number of β-lactam (4-membered cyclic amide) rings is 1. The Morgan fingerprint density at radius 1 is 0.726 bits per heavy atom. The largest absolute Gasteiger partial charge is 0.497 e.